The number of nitrogens with zero attached hydrogens (tertiary/aromatic N) is 1. The smallest absolute Gasteiger partial charge is 0.266 e. The van der Waals surface area contributed by atoms with Gasteiger partial charge in [0.15, 0.2) is 6.61 Å². The Morgan fingerprint density at radius 1 is 2.00 bits per heavy atom. The van der Waals surface area contributed by atoms with Crippen molar-refractivity contribution in [2.75, 3.05) is 6.61 Å². The number of hydrogen-bond donors (Lipinski definition) is 1. The van der Waals surface area contributed by atoms with Gasteiger partial charge >= 0.3 is 0 Å². The first-order valence-electron chi connectivity index (χ1n) is 1.75. The van der Waals surface area contributed by atoms with Crippen LogP contribution in [0, 0.1) is 0 Å². The summed E-state index contributed by atoms with van der Waals surface area (Å²) in [5, 5.41) is 5.35. The molecule has 0 aromatic rings. The van der Waals surface area contributed by atoms with Crippen LogP contribution in [0.1, 0.15) is 0 Å². The summed E-state index contributed by atoms with van der Waals surface area (Å²) >= 11 is 0. The van der Waals surface area contributed by atoms with Crippen molar-refractivity contribution in [3.63, 3.8) is 0 Å². The molecule has 0 saturated heterocycles. The molecule has 1 radical (unpaired) electrons. The van der Waals surface area contributed by atoms with E-state index in [-0.39, 0.29) is 12.5 Å². The second-order valence-corrected chi connectivity index (χ2v) is 1.02. The van der Waals surface area contributed by atoms with E-state index in [1.807, 2.05) is 0 Å². The molecule has 1 N–H and O–H groups in total. The van der Waals surface area contributed by atoms with Gasteiger partial charge in [0.2, 0.25) is 6.34 Å². The van der Waals surface area contributed by atoms with Crippen molar-refractivity contribution >= 4 is 12.2 Å². The average molecular weight is 99.1 g/mol. The largest absolute Gasteiger partial charge is 0.384 e. The molecular weight excluding hydrogens is 96.0 g/mol. The third-order valence-corrected chi connectivity index (χ3v) is 0.501. The maximum absolute atomic E-state index is 10.1. The van der Waals surface area contributed by atoms with Crippen LogP contribution in [0.3, 0.4) is 0 Å². The monoisotopic (exact) mass is 99.0 g/mol. The van der Waals surface area contributed by atoms with E-state index < -0.39 is 0 Å². The maximum atomic E-state index is 10.1. The van der Waals surface area contributed by atoms with E-state index in [1.165, 1.54) is 0 Å². The predicted octanol–water partition coefficient (Wildman–Crippen LogP) is -1.05. The SMILES string of the molecule is O=C1CON=[C]N1. The van der Waals surface area contributed by atoms with Crippen LogP contribution in [0.2, 0.25) is 0 Å². The Morgan fingerprint density at radius 3 is 3.14 bits per heavy atom. The van der Waals surface area contributed by atoms with Gasteiger partial charge in [-0.15, -0.1) is 0 Å². The summed E-state index contributed by atoms with van der Waals surface area (Å²) in [5.41, 5.74) is 0. The lowest BCUT2D eigenvalue weighted by molar-refractivity contribution is -0.125. The Balaban J connectivity index is 2.47. The van der Waals surface area contributed by atoms with Crippen LogP contribution in [0.15, 0.2) is 5.16 Å². The Hall–Kier alpha value is -1.06. The van der Waals surface area contributed by atoms with E-state index in [4.69, 9.17) is 0 Å². The zero-order chi connectivity index (χ0) is 5.11. The van der Waals surface area contributed by atoms with E-state index in [2.05, 4.69) is 21.6 Å². The van der Waals surface area contributed by atoms with Gasteiger partial charge in [0.25, 0.3) is 5.91 Å². The first-order valence-corrected chi connectivity index (χ1v) is 1.75. The highest BCUT2D eigenvalue weighted by atomic mass is 16.6. The standard InChI is InChI=1S/C3H3N2O2/c6-3-1-7-5-2-4-3/h1H2,(H,4,5,6). The van der Waals surface area contributed by atoms with E-state index in [0.29, 0.717) is 0 Å². The molecule has 0 aliphatic carbocycles. The maximum Gasteiger partial charge on any atom is 0.266 e. The van der Waals surface area contributed by atoms with Crippen LogP contribution in [0.4, 0.5) is 0 Å². The summed E-state index contributed by atoms with van der Waals surface area (Å²) in [6.07, 6.45) is 2.14. The summed E-state index contributed by atoms with van der Waals surface area (Å²) in [7, 11) is 0. The third kappa shape index (κ3) is 0.887. The van der Waals surface area contributed by atoms with Gasteiger partial charge in [-0.25, -0.2) is 0 Å². The first kappa shape index (κ1) is 4.11. The Labute approximate surface area is 40.1 Å². The molecule has 1 rings (SSSR count). The van der Waals surface area contributed by atoms with Gasteiger partial charge in [0, 0.05) is 0 Å². The second kappa shape index (κ2) is 1.59. The van der Waals surface area contributed by atoms with Gasteiger partial charge in [-0.05, 0) is 0 Å². The minimum Gasteiger partial charge on any atom is -0.384 e. The highest BCUT2D eigenvalue weighted by Crippen LogP contribution is 1.77. The Kier molecular flexibility index (Phi) is 0.934. The molecule has 1 aliphatic heterocycles. The molecule has 0 unspecified atom stereocenters. The molecule has 4 nitrogen and oxygen atoms in total. The van der Waals surface area contributed by atoms with Gasteiger partial charge in [-0.3, -0.25) is 4.79 Å². The zero-order valence-electron chi connectivity index (χ0n) is 3.47. The lowest BCUT2D eigenvalue weighted by atomic mass is 10.6. The first-order chi connectivity index (χ1) is 3.39. The van der Waals surface area contributed by atoms with Crippen molar-refractivity contribution in [2.45, 2.75) is 0 Å². The van der Waals surface area contributed by atoms with Crippen molar-refractivity contribution in [1.82, 2.24) is 5.32 Å². The summed E-state index contributed by atoms with van der Waals surface area (Å²) in [4.78, 5) is 14.4. The number of nitrogens with one attached hydrogen (secondary N) is 1. The Bertz CT molecular complexity index is 110. The van der Waals surface area contributed by atoms with Crippen LogP contribution in [0.5, 0.6) is 0 Å². The Morgan fingerprint density at radius 2 is 2.86 bits per heavy atom. The van der Waals surface area contributed by atoms with Crippen molar-refractivity contribution in [1.29, 1.82) is 0 Å². The number of amides is 1. The number of hydrogen-bond acceptors (Lipinski definition) is 3. The lowest BCUT2D eigenvalue weighted by Crippen LogP contribution is -2.29. The molecule has 1 heterocycles. The van der Waals surface area contributed by atoms with Crippen molar-refractivity contribution in [3.05, 3.63) is 0 Å². The van der Waals surface area contributed by atoms with Crippen LogP contribution in [-0.4, -0.2) is 18.9 Å². The lowest BCUT2D eigenvalue weighted by Gasteiger charge is -2.00. The average Bonchev–Trinajstić information content (AvgIpc) is 1.69. The van der Waals surface area contributed by atoms with Crippen LogP contribution < -0.4 is 5.32 Å². The van der Waals surface area contributed by atoms with E-state index in [0.717, 1.165) is 0 Å². The van der Waals surface area contributed by atoms with Gasteiger partial charge in [0.1, 0.15) is 0 Å². The van der Waals surface area contributed by atoms with Gasteiger partial charge in [-0.1, -0.05) is 5.16 Å². The fourth-order valence-electron chi connectivity index (χ4n) is 0.244. The number of rotatable bonds is 0. The third-order valence-electron chi connectivity index (χ3n) is 0.501. The molecule has 37 valence electrons. The van der Waals surface area contributed by atoms with E-state index in [1.54, 1.807) is 0 Å². The molecule has 1 aliphatic rings. The van der Waals surface area contributed by atoms with Crippen molar-refractivity contribution in [3.8, 4) is 0 Å². The minimum atomic E-state index is -0.213. The number of carbonyl (C=O) groups is 1. The van der Waals surface area contributed by atoms with Gasteiger partial charge in [-0.2, -0.15) is 0 Å². The van der Waals surface area contributed by atoms with Gasteiger partial charge < -0.3 is 10.2 Å². The highest BCUT2D eigenvalue weighted by molar-refractivity contribution is 5.89. The van der Waals surface area contributed by atoms with Crippen LogP contribution >= 0.6 is 0 Å². The van der Waals surface area contributed by atoms with Crippen LogP contribution in [-0.2, 0) is 9.63 Å². The van der Waals surface area contributed by atoms with E-state index in [9.17, 15) is 4.79 Å². The quantitative estimate of drug-likeness (QED) is 0.421. The van der Waals surface area contributed by atoms with Crippen molar-refractivity contribution < 1.29 is 9.63 Å². The summed E-state index contributed by atoms with van der Waals surface area (Å²) < 4.78 is 0. The number of carbonyl (C=O) groups excluding carboxylic acids is 1. The molecule has 7 heavy (non-hydrogen) atoms. The van der Waals surface area contributed by atoms with Gasteiger partial charge in [0.05, 0.1) is 0 Å². The molecule has 0 fully saturated rings. The van der Waals surface area contributed by atoms with Crippen molar-refractivity contribution in [2.24, 2.45) is 5.16 Å². The molecule has 0 aromatic carbocycles. The fraction of sp³-hybridized carbons (Fsp3) is 0.333. The summed E-state index contributed by atoms with van der Waals surface area (Å²) in [6, 6.07) is 0. The predicted molar refractivity (Wildman–Crippen MR) is 21.5 cm³/mol. The molecule has 0 saturated carbocycles. The summed E-state index contributed by atoms with van der Waals surface area (Å²) in [6.45, 7) is 0.00694. The molecule has 1 amide bonds. The van der Waals surface area contributed by atoms with E-state index >= 15 is 0 Å². The molecule has 4 heteroatoms. The second-order valence-electron chi connectivity index (χ2n) is 1.02. The molecular formula is C3H3N2O2. The molecule has 0 aromatic heterocycles. The zero-order valence-corrected chi connectivity index (χ0v) is 3.47. The molecule has 0 spiro atoms. The topological polar surface area (TPSA) is 50.7 Å². The minimum absolute atomic E-state index is 0.00694. The molecule has 0 bridgehead atoms. The fourth-order valence-corrected chi connectivity index (χ4v) is 0.244. The summed E-state index contributed by atoms with van der Waals surface area (Å²) in [5.74, 6) is -0.213. The molecule has 0 atom stereocenters. The van der Waals surface area contributed by atoms with Crippen LogP contribution in [0.25, 0.3) is 0 Å². The normalized spacial score (nSPS) is 18.0. The highest BCUT2D eigenvalue weighted by Gasteiger charge is 2.01.